The topological polar surface area (TPSA) is 86.4 Å². The van der Waals surface area contributed by atoms with E-state index in [0.717, 1.165) is 59.8 Å². The number of anilines is 5. The van der Waals surface area contributed by atoms with Crippen LogP contribution in [0.25, 0.3) is 0 Å². The first-order valence-corrected chi connectivity index (χ1v) is 12.9. The molecule has 3 aromatic rings. The molecule has 1 aliphatic rings. The third-order valence-electron chi connectivity index (χ3n) is 5.94. The number of aromatic nitrogens is 2. The van der Waals surface area contributed by atoms with Gasteiger partial charge in [-0.2, -0.15) is 4.98 Å². The van der Waals surface area contributed by atoms with Crippen molar-refractivity contribution in [2.45, 2.75) is 32.9 Å². The molecule has 1 saturated heterocycles. The minimum absolute atomic E-state index is 0.490. The minimum Gasteiger partial charge on any atom is -0.492 e. The molecule has 186 valence electrons. The van der Waals surface area contributed by atoms with E-state index in [0.29, 0.717) is 24.4 Å². The fourth-order valence-electron chi connectivity index (χ4n) is 4.29. The zero-order valence-corrected chi connectivity index (χ0v) is 22.2. The standard InChI is InChI=1S/C26H34BrN7O/c1-4-29-19-12-13-34(17-19)20-10-11-23(24(14-20)35-5-2)32-26-30-16-21(27)25(33-26)31-22-9-7-6-8-18(22)15-28-3/h6-11,14,16,19,28-29H,4-5,12-13,15,17H2,1-3H3,(H2,30,31,32,33)/t19-/m1/s1. The molecule has 0 radical (unpaired) electrons. The van der Waals surface area contributed by atoms with Gasteiger partial charge in [-0.15, -0.1) is 0 Å². The number of rotatable bonds is 11. The van der Waals surface area contributed by atoms with Crippen LogP contribution in [0, 0.1) is 0 Å². The van der Waals surface area contributed by atoms with Crippen LogP contribution in [0.5, 0.6) is 5.75 Å². The molecule has 0 amide bonds. The van der Waals surface area contributed by atoms with Gasteiger partial charge in [0, 0.05) is 49.3 Å². The van der Waals surface area contributed by atoms with Crippen LogP contribution in [-0.4, -0.2) is 49.3 Å². The molecule has 1 aromatic heterocycles. The summed E-state index contributed by atoms with van der Waals surface area (Å²) in [5.41, 5.74) is 4.15. The average molecular weight is 541 g/mol. The van der Waals surface area contributed by atoms with Gasteiger partial charge in [0.15, 0.2) is 0 Å². The normalized spacial score (nSPS) is 15.3. The molecule has 0 saturated carbocycles. The number of likely N-dealkylation sites (N-methyl/N-ethyl adjacent to an activating group) is 1. The van der Waals surface area contributed by atoms with Crippen LogP contribution in [0.15, 0.2) is 53.1 Å². The molecule has 4 N–H and O–H groups in total. The van der Waals surface area contributed by atoms with Gasteiger partial charge in [0.05, 0.1) is 16.8 Å². The number of benzene rings is 2. The van der Waals surface area contributed by atoms with Gasteiger partial charge in [0.2, 0.25) is 5.95 Å². The fraction of sp³-hybridized carbons (Fsp3) is 0.385. The number of nitrogens with zero attached hydrogens (tertiary/aromatic N) is 3. The Labute approximate surface area is 216 Å². The summed E-state index contributed by atoms with van der Waals surface area (Å²) in [5.74, 6) is 1.97. The smallest absolute Gasteiger partial charge is 0.229 e. The van der Waals surface area contributed by atoms with E-state index in [-0.39, 0.29) is 0 Å². The molecule has 0 aliphatic carbocycles. The van der Waals surface area contributed by atoms with E-state index in [1.54, 1.807) is 6.20 Å². The van der Waals surface area contributed by atoms with E-state index in [4.69, 9.17) is 9.72 Å². The number of hydrogen-bond acceptors (Lipinski definition) is 8. The Morgan fingerprint density at radius 1 is 1.11 bits per heavy atom. The van der Waals surface area contributed by atoms with Crippen molar-refractivity contribution in [2.24, 2.45) is 0 Å². The molecular weight excluding hydrogens is 506 g/mol. The van der Waals surface area contributed by atoms with Crippen LogP contribution < -0.4 is 30.9 Å². The first-order chi connectivity index (χ1) is 17.1. The molecule has 0 unspecified atom stereocenters. The highest BCUT2D eigenvalue weighted by Gasteiger charge is 2.22. The van der Waals surface area contributed by atoms with Gasteiger partial charge in [-0.25, -0.2) is 4.98 Å². The summed E-state index contributed by atoms with van der Waals surface area (Å²) in [5, 5.41) is 13.5. The molecule has 9 heteroatoms. The summed E-state index contributed by atoms with van der Waals surface area (Å²) in [6.07, 6.45) is 2.90. The van der Waals surface area contributed by atoms with Crippen LogP contribution in [0.1, 0.15) is 25.8 Å². The third-order valence-corrected chi connectivity index (χ3v) is 6.52. The molecule has 2 heterocycles. The predicted molar refractivity (Wildman–Crippen MR) is 147 cm³/mol. The van der Waals surface area contributed by atoms with Crippen molar-refractivity contribution in [3.8, 4) is 5.75 Å². The molecule has 1 atom stereocenters. The Morgan fingerprint density at radius 2 is 1.97 bits per heavy atom. The summed E-state index contributed by atoms with van der Waals surface area (Å²) in [4.78, 5) is 11.6. The molecule has 1 fully saturated rings. The lowest BCUT2D eigenvalue weighted by Gasteiger charge is -2.21. The van der Waals surface area contributed by atoms with Gasteiger partial charge in [-0.1, -0.05) is 25.1 Å². The average Bonchev–Trinajstić information content (AvgIpc) is 3.33. The van der Waals surface area contributed by atoms with Crippen LogP contribution in [-0.2, 0) is 6.54 Å². The highest BCUT2D eigenvalue weighted by atomic mass is 79.9. The predicted octanol–water partition coefficient (Wildman–Crippen LogP) is 5.03. The lowest BCUT2D eigenvalue weighted by molar-refractivity contribution is 0.342. The van der Waals surface area contributed by atoms with Crippen molar-refractivity contribution in [2.75, 3.05) is 48.8 Å². The monoisotopic (exact) mass is 539 g/mol. The summed E-state index contributed by atoms with van der Waals surface area (Å²) in [7, 11) is 1.94. The number of ether oxygens (including phenoxy) is 1. The van der Waals surface area contributed by atoms with Gasteiger partial charge in [-0.3, -0.25) is 0 Å². The molecule has 2 aromatic carbocycles. The second kappa shape index (κ2) is 12.2. The first kappa shape index (κ1) is 25.2. The van der Waals surface area contributed by atoms with Crippen LogP contribution in [0.2, 0.25) is 0 Å². The second-order valence-corrected chi connectivity index (χ2v) is 9.28. The Bertz CT molecular complexity index is 1130. The molecule has 35 heavy (non-hydrogen) atoms. The first-order valence-electron chi connectivity index (χ1n) is 12.2. The zero-order chi connectivity index (χ0) is 24.6. The molecule has 0 spiro atoms. The number of hydrogen-bond donors (Lipinski definition) is 4. The summed E-state index contributed by atoms with van der Waals surface area (Å²) in [6, 6.07) is 15.0. The van der Waals surface area contributed by atoms with Crippen molar-refractivity contribution in [1.82, 2.24) is 20.6 Å². The quantitative estimate of drug-likeness (QED) is 0.270. The van der Waals surface area contributed by atoms with E-state index in [2.05, 4.69) is 72.2 Å². The minimum atomic E-state index is 0.490. The Kier molecular flexibility index (Phi) is 8.79. The van der Waals surface area contributed by atoms with E-state index < -0.39 is 0 Å². The summed E-state index contributed by atoms with van der Waals surface area (Å²) in [6.45, 7) is 8.53. The third kappa shape index (κ3) is 6.42. The van der Waals surface area contributed by atoms with Crippen LogP contribution in [0.3, 0.4) is 0 Å². The van der Waals surface area contributed by atoms with E-state index in [1.807, 2.05) is 38.2 Å². The zero-order valence-electron chi connectivity index (χ0n) is 20.6. The Morgan fingerprint density at radius 3 is 2.77 bits per heavy atom. The van der Waals surface area contributed by atoms with Gasteiger partial charge in [-0.05, 0) is 66.6 Å². The fourth-order valence-corrected chi connectivity index (χ4v) is 4.58. The number of para-hydroxylation sites is 1. The SMILES string of the molecule is CCN[C@@H]1CCN(c2ccc(Nc3ncc(Br)c(Nc4ccccc4CNC)n3)c(OCC)c2)C1. The lowest BCUT2D eigenvalue weighted by atomic mass is 10.2. The van der Waals surface area contributed by atoms with Crippen molar-refractivity contribution in [3.05, 3.63) is 58.7 Å². The molecule has 0 bridgehead atoms. The molecule has 4 rings (SSSR count). The maximum atomic E-state index is 5.98. The Hall–Kier alpha value is -2.88. The van der Waals surface area contributed by atoms with Crippen LogP contribution >= 0.6 is 15.9 Å². The number of halogens is 1. The second-order valence-electron chi connectivity index (χ2n) is 8.43. The summed E-state index contributed by atoms with van der Waals surface area (Å²) < 4.78 is 6.77. The van der Waals surface area contributed by atoms with Crippen molar-refractivity contribution in [3.63, 3.8) is 0 Å². The largest absolute Gasteiger partial charge is 0.492 e. The van der Waals surface area contributed by atoms with E-state index >= 15 is 0 Å². The Balaban J connectivity index is 1.54. The van der Waals surface area contributed by atoms with Crippen molar-refractivity contribution < 1.29 is 4.74 Å². The van der Waals surface area contributed by atoms with Gasteiger partial charge < -0.3 is 30.9 Å². The molecular formula is C26H34BrN7O. The van der Waals surface area contributed by atoms with E-state index in [1.165, 1.54) is 5.69 Å². The molecule has 1 aliphatic heterocycles. The maximum Gasteiger partial charge on any atom is 0.229 e. The van der Waals surface area contributed by atoms with Crippen molar-refractivity contribution >= 4 is 44.8 Å². The van der Waals surface area contributed by atoms with Gasteiger partial charge in [0.1, 0.15) is 11.6 Å². The van der Waals surface area contributed by atoms with Crippen LogP contribution in [0.4, 0.5) is 28.8 Å². The summed E-state index contributed by atoms with van der Waals surface area (Å²) >= 11 is 3.57. The highest BCUT2D eigenvalue weighted by molar-refractivity contribution is 9.10. The highest BCUT2D eigenvalue weighted by Crippen LogP contribution is 2.34. The van der Waals surface area contributed by atoms with Crippen molar-refractivity contribution in [1.29, 1.82) is 0 Å². The van der Waals surface area contributed by atoms with Gasteiger partial charge >= 0.3 is 0 Å². The lowest BCUT2D eigenvalue weighted by Crippen LogP contribution is -2.32. The number of nitrogens with one attached hydrogen (secondary N) is 4. The maximum absolute atomic E-state index is 5.98. The van der Waals surface area contributed by atoms with Gasteiger partial charge in [0.25, 0.3) is 0 Å². The van der Waals surface area contributed by atoms with E-state index in [9.17, 15) is 0 Å². The molecule has 8 nitrogen and oxygen atoms in total.